The number of thiocarbonyl (C=S) groups is 1. The van der Waals surface area contributed by atoms with Gasteiger partial charge in [0.15, 0.2) is 0 Å². The molecule has 0 N–H and O–H groups in total. The van der Waals surface area contributed by atoms with Gasteiger partial charge in [0.1, 0.15) is 0 Å². The van der Waals surface area contributed by atoms with Crippen LogP contribution in [-0.2, 0) is 10.9 Å². The molecule has 0 rings (SSSR count). The number of hydrogen-bond donors (Lipinski definition) is 0. The Hall–Kier alpha value is 2.24. The van der Waals surface area contributed by atoms with E-state index in [2.05, 4.69) is 12.2 Å². The van der Waals surface area contributed by atoms with Crippen LogP contribution < -0.4 is 64.2 Å². The van der Waals surface area contributed by atoms with E-state index in [9.17, 15) is 5.11 Å². The molecule has 0 bridgehead atoms. The normalized spacial score (nSPS) is 8.80. The summed E-state index contributed by atoms with van der Waals surface area (Å²) in [4.78, 5) is 0. The standard InChI is InChI=1S/C5H11OS2.2Na/c1-3-8(4-2)5(6)7;;/h3-4H2,1-2H3,(H,6,7);;/q-1;2*+1/p-1. The van der Waals surface area contributed by atoms with Crippen LogP contribution in [-0.4, -0.2) is 15.9 Å². The van der Waals surface area contributed by atoms with Gasteiger partial charge < -0.3 is 16.0 Å². The minimum atomic E-state index is -0.114. The van der Waals surface area contributed by atoms with Crippen molar-refractivity contribution in [2.24, 2.45) is 0 Å². The molecule has 0 spiro atoms. The third kappa shape index (κ3) is 8.34. The molecule has 0 unspecified atom stereocenters. The molecule has 0 fully saturated rings. The SMILES string of the molecule is CC[S-](CC)C([O-])=S.[Na+].[Na+]. The Bertz CT molecular complexity index is 85.7. The third-order valence-corrected chi connectivity index (χ3v) is 3.50. The van der Waals surface area contributed by atoms with Crippen molar-refractivity contribution in [2.45, 2.75) is 13.8 Å². The minimum Gasteiger partial charge on any atom is -0.884 e. The summed E-state index contributed by atoms with van der Waals surface area (Å²) in [6.45, 7) is 3.99. The predicted octanol–water partition coefficient (Wildman–Crippen LogP) is -5.70. The molecular weight excluding hydrogens is 186 g/mol. The van der Waals surface area contributed by atoms with Crippen LogP contribution >= 0.6 is 12.2 Å². The zero-order valence-corrected chi connectivity index (χ0v) is 12.8. The summed E-state index contributed by atoms with van der Waals surface area (Å²) in [6.07, 6.45) is 0. The molecule has 10 heavy (non-hydrogen) atoms. The largest absolute Gasteiger partial charge is 1.00 e. The molecule has 0 aliphatic rings. The van der Waals surface area contributed by atoms with E-state index in [-0.39, 0.29) is 74.4 Å². The fourth-order valence-corrected chi connectivity index (χ4v) is 2.03. The third-order valence-electron chi connectivity index (χ3n) is 0.933. The van der Waals surface area contributed by atoms with Crippen LogP contribution in [0.3, 0.4) is 0 Å². The molecule has 0 aliphatic carbocycles. The van der Waals surface area contributed by atoms with E-state index in [1.165, 1.54) is 0 Å². The molecule has 0 aromatic heterocycles. The molecule has 0 saturated heterocycles. The smallest absolute Gasteiger partial charge is 0.884 e. The zero-order chi connectivity index (χ0) is 6.57. The first-order valence-corrected chi connectivity index (χ1v) is 4.58. The topological polar surface area (TPSA) is 23.1 Å². The monoisotopic (exact) mass is 196 g/mol. The maximum Gasteiger partial charge on any atom is 1.00 e. The van der Waals surface area contributed by atoms with Crippen LogP contribution in [0.5, 0.6) is 0 Å². The second-order valence-corrected chi connectivity index (χ2v) is 4.46. The molecule has 0 heterocycles. The van der Waals surface area contributed by atoms with E-state index < -0.39 is 0 Å². The zero-order valence-electron chi connectivity index (χ0n) is 7.14. The molecule has 0 atom stereocenters. The van der Waals surface area contributed by atoms with Crippen molar-refractivity contribution in [3.05, 3.63) is 0 Å². The summed E-state index contributed by atoms with van der Waals surface area (Å²) in [7, 11) is -0.114. The number of hydrogen-bond acceptors (Lipinski definition) is 3. The summed E-state index contributed by atoms with van der Waals surface area (Å²) >= 11 is 4.47. The van der Waals surface area contributed by atoms with Crippen LogP contribution in [0.4, 0.5) is 0 Å². The van der Waals surface area contributed by atoms with Crippen LogP contribution in [0.25, 0.3) is 0 Å². The van der Waals surface area contributed by atoms with Crippen LogP contribution in [0, 0.1) is 0 Å². The van der Waals surface area contributed by atoms with Gasteiger partial charge in [-0.3, -0.25) is 0 Å². The van der Waals surface area contributed by atoms with Gasteiger partial charge in [0.2, 0.25) is 0 Å². The average Bonchev–Trinajstić information content (AvgIpc) is 1.69. The van der Waals surface area contributed by atoms with Crippen molar-refractivity contribution in [2.75, 3.05) is 11.5 Å². The second kappa shape index (κ2) is 11.2. The van der Waals surface area contributed by atoms with E-state index in [0.29, 0.717) is 0 Å². The van der Waals surface area contributed by atoms with Crippen LogP contribution in [0.15, 0.2) is 0 Å². The molecule has 1 nitrogen and oxygen atoms in total. The number of rotatable bonds is 2. The van der Waals surface area contributed by atoms with Crippen molar-refractivity contribution in [3.63, 3.8) is 0 Å². The fourth-order valence-electron chi connectivity index (χ4n) is 0.440. The van der Waals surface area contributed by atoms with Gasteiger partial charge in [0, 0.05) is 0 Å². The summed E-state index contributed by atoms with van der Waals surface area (Å²) < 4.78 is -0.0602. The minimum absolute atomic E-state index is 0. The first kappa shape index (κ1) is 18.1. The van der Waals surface area contributed by atoms with Gasteiger partial charge in [0.05, 0.1) is 0 Å². The molecule has 0 radical (unpaired) electrons. The Labute approximate surface area is 115 Å². The van der Waals surface area contributed by atoms with Crippen molar-refractivity contribution < 1.29 is 64.2 Å². The van der Waals surface area contributed by atoms with E-state index in [4.69, 9.17) is 0 Å². The van der Waals surface area contributed by atoms with Gasteiger partial charge in [-0.05, 0) is 0 Å². The van der Waals surface area contributed by atoms with E-state index >= 15 is 0 Å². The maximum atomic E-state index is 10.4. The summed E-state index contributed by atoms with van der Waals surface area (Å²) in [6, 6.07) is 0. The predicted molar refractivity (Wildman–Crippen MR) is 41.0 cm³/mol. The van der Waals surface area contributed by atoms with Gasteiger partial charge >= 0.3 is 59.1 Å². The van der Waals surface area contributed by atoms with E-state index in [1.807, 2.05) is 13.8 Å². The van der Waals surface area contributed by atoms with Gasteiger partial charge in [-0.1, -0.05) is 13.8 Å². The van der Waals surface area contributed by atoms with E-state index in [0.717, 1.165) is 11.5 Å². The van der Waals surface area contributed by atoms with Gasteiger partial charge in [-0.2, -0.15) is 4.38 Å². The molecule has 50 valence electrons. The van der Waals surface area contributed by atoms with Crippen LogP contribution in [0.2, 0.25) is 0 Å². The Morgan fingerprint density at radius 2 is 1.60 bits per heavy atom. The summed E-state index contributed by atoms with van der Waals surface area (Å²) in [5.74, 6) is 1.83. The Morgan fingerprint density at radius 3 is 1.60 bits per heavy atom. The van der Waals surface area contributed by atoms with E-state index in [1.54, 1.807) is 0 Å². The molecule has 0 aromatic rings. The van der Waals surface area contributed by atoms with Crippen LogP contribution in [0.1, 0.15) is 13.8 Å². The van der Waals surface area contributed by atoms with Crippen molar-refractivity contribution in [3.8, 4) is 0 Å². The molecule has 0 saturated carbocycles. The average molecular weight is 196 g/mol. The fraction of sp³-hybridized carbons (Fsp3) is 0.800. The first-order chi connectivity index (χ1) is 3.72. The quantitative estimate of drug-likeness (QED) is 0.250. The van der Waals surface area contributed by atoms with Gasteiger partial charge in [0.25, 0.3) is 0 Å². The maximum absolute atomic E-state index is 10.4. The van der Waals surface area contributed by atoms with Crippen molar-refractivity contribution >= 4 is 27.5 Å². The second-order valence-electron chi connectivity index (χ2n) is 1.32. The molecule has 0 aliphatic heterocycles. The van der Waals surface area contributed by atoms with Gasteiger partial charge in [-0.15, -0.1) is 23.7 Å². The summed E-state index contributed by atoms with van der Waals surface area (Å²) in [5, 5.41) is 10.4. The van der Waals surface area contributed by atoms with Crippen molar-refractivity contribution in [1.29, 1.82) is 0 Å². The summed E-state index contributed by atoms with van der Waals surface area (Å²) in [5.41, 5.74) is 0. The van der Waals surface area contributed by atoms with Crippen molar-refractivity contribution in [1.82, 2.24) is 0 Å². The molecule has 0 amide bonds. The molecule has 0 aromatic carbocycles. The Balaban J connectivity index is -0.000000245. The Morgan fingerprint density at radius 1 is 1.30 bits per heavy atom. The van der Waals surface area contributed by atoms with Gasteiger partial charge in [-0.25, -0.2) is 0 Å². The Kier molecular flexibility index (Phi) is 20.4. The molecular formula is C5H10Na2OS2. The first-order valence-electron chi connectivity index (χ1n) is 2.60. The molecule has 5 heteroatoms.